The van der Waals surface area contributed by atoms with Gasteiger partial charge in [0.15, 0.2) is 0 Å². The molecule has 3 nitrogen and oxygen atoms in total. The van der Waals surface area contributed by atoms with E-state index < -0.39 is 0 Å². The first-order valence-electron chi connectivity index (χ1n) is 5.19. The Bertz CT molecular complexity index is 633. The van der Waals surface area contributed by atoms with Crippen LogP contribution in [0.4, 0.5) is 11.5 Å². The molecule has 0 radical (unpaired) electrons. The normalized spacial score (nSPS) is 9.89. The van der Waals surface area contributed by atoms with Gasteiger partial charge in [-0.05, 0) is 53.2 Å². The zero-order chi connectivity index (χ0) is 13.1. The number of nitriles is 1. The monoisotopic (exact) mass is 365 g/mol. The summed E-state index contributed by atoms with van der Waals surface area (Å²) in [5.74, 6) is 0.658. The molecule has 0 aliphatic carbocycles. The molecule has 1 N–H and O–H groups in total. The fourth-order valence-electron chi connectivity index (χ4n) is 1.53. The lowest BCUT2D eigenvalue weighted by Crippen LogP contribution is -1.97. The Morgan fingerprint density at radius 3 is 2.72 bits per heavy atom. The average molecular weight is 367 g/mol. The van der Waals surface area contributed by atoms with E-state index in [1.165, 1.54) is 0 Å². The number of aromatic nitrogens is 1. The number of pyridine rings is 1. The first-order chi connectivity index (χ1) is 8.58. The Morgan fingerprint density at radius 2 is 2.00 bits per heavy atom. The van der Waals surface area contributed by atoms with Crippen molar-refractivity contribution in [2.45, 2.75) is 6.92 Å². The molecule has 0 fully saturated rings. The lowest BCUT2D eigenvalue weighted by atomic mass is 10.2. The summed E-state index contributed by atoms with van der Waals surface area (Å²) >= 11 is 6.88. The van der Waals surface area contributed by atoms with Crippen molar-refractivity contribution in [1.29, 1.82) is 5.26 Å². The van der Waals surface area contributed by atoms with Gasteiger partial charge in [0, 0.05) is 14.6 Å². The maximum absolute atomic E-state index is 8.93. The van der Waals surface area contributed by atoms with E-state index >= 15 is 0 Å². The first kappa shape index (κ1) is 13.1. The summed E-state index contributed by atoms with van der Waals surface area (Å²) in [6, 6.07) is 11.4. The number of halogens is 2. The molecule has 2 aromatic rings. The van der Waals surface area contributed by atoms with Crippen molar-refractivity contribution in [2.24, 2.45) is 0 Å². The van der Waals surface area contributed by atoms with Crippen LogP contribution in [0.15, 0.2) is 39.3 Å². The zero-order valence-electron chi connectivity index (χ0n) is 9.54. The quantitative estimate of drug-likeness (QED) is 0.849. The van der Waals surface area contributed by atoms with Crippen molar-refractivity contribution in [2.75, 3.05) is 5.32 Å². The van der Waals surface area contributed by atoms with Crippen LogP contribution in [0.25, 0.3) is 0 Å². The molecule has 0 bridgehead atoms. The number of nitrogens with zero attached hydrogens (tertiary/aromatic N) is 2. The number of benzene rings is 1. The standard InChI is InChI=1S/C13H9Br2N3/c1-8-4-9(7-16)5-13(17-8)18-12-6-10(14)2-3-11(12)15/h2-6H,1H3,(H,17,18). The Kier molecular flexibility index (Phi) is 4.00. The van der Waals surface area contributed by atoms with Crippen LogP contribution in [0.1, 0.15) is 11.3 Å². The number of anilines is 2. The fourth-order valence-corrected chi connectivity index (χ4v) is 2.24. The number of hydrogen-bond acceptors (Lipinski definition) is 3. The Balaban J connectivity index is 2.37. The molecule has 5 heteroatoms. The molecule has 0 aliphatic heterocycles. The van der Waals surface area contributed by atoms with Gasteiger partial charge in [-0.1, -0.05) is 15.9 Å². The third-order valence-electron chi connectivity index (χ3n) is 2.27. The molecule has 0 saturated heterocycles. The van der Waals surface area contributed by atoms with Crippen molar-refractivity contribution in [1.82, 2.24) is 4.98 Å². The predicted octanol–water partition coefficient (Wildman–Crippen LogP) is 4.53. The topological polar surface area (TPSA) is 48.7 Å². The van der Waals surface area contributed by atoms with E-state index in [-0.39, 0.29) is 0 Å². The molecule has 0 aliphatic rings. The Hall–Kier alpha value is -1.38. The van der Waals surface area contributed by atoms with Crippen molar-refractivity contribution in [3.63, 3.8) is 0 Å². The summed E-state index contributed by atoms with van der Waals surface area (Å²) < 4.78 is 1.91. The van der Waals surface area contributed by atoms with Crippen LogP contribution in [0.5, 0.6) is 0 Å². The van der Waals surface area contributed by atoms with E-state index in [2.05, 4.69) is 48.2 Å². The number of aryl methyl sites for hydroxylation is 1. The number of hydrogen-bond donors (Lipinski definition) is 1. The van der Waals surface area contributed by atoms with Crippen molar-refractivity contribution in [3.8, 4) is 6.07 Å². The van der Waals surface area contributed by atoms with Gasteiger partial charge in [0.1, 0.15) is 5.82 Å². The van der Waals surface area contributed by atoms with Crippen LogP contribution in [0.2, 0.25) is 0 Å². The molecule has 90 valence electrons. The molecule has 0 spiro atoms. The zero-order valence-corrected chi connectivity index (χ0v) is 12.7. The van der Waals surface area contributed by atoms with Gasteiger partial charge >= 0.3 is 0 Å². The molecule has 1 aromatic carbocycles. The highest BCUT2D eigenvalue weighted by atomic mass is 79.9. The summed E-state index contributed by atoms with van der Waals surface area (Å²) in [6.07, 6.45) is 0. The minimum absolute atomic E-state index is 0.594. The van der Waals surface area contributed by atoms with E-state index in [1.807, 2.05) is 25.1 Å². The number of rotatable bonds is 2. The van der Waals surface area contributed by atoms with E-state index in [0.29, 0.717) is 11.4 Å². The van der Waals surface area contributed by atoms with Gasteiger partial charge in [0.05, 0.1) is 17.3 Å². The average Bonchev–Trinajstić information content (AvgIpc) is 2.33. The van der Waals surface area contributed by atoms with E-state index in [0.717, 1.165) is 20.3 Å². The lowest BCUT2D eigenvalue weighted by molar-refractivity contribution is 1.19. The molecule has 18 heavy (non-hydrogen) atoms. The molecule has 1 aromatic heterocycles. The highest BCUT2D eigenvalue weighted by Gasteiger charge is 2.04. The summed E-state index contributed by atoms with van der Waals surface area (Å²) in [5, 5.41) is 12.1. The van der Waals surface area contributed by atoms with Crippen LogP contribution in [-0.2, 0) is 0 Å². The van der Waals surface area contributed by atoms with E-state index in [1.54, 1.807) is 12.1 Å². The largest absolute Gasteiger partial charge is 0.339 e. The fraction of sp³-hybridized carbons (Fsp3) is 0.0769. The second-order valence-corrected chi connectivity index (χ2v) is 5.51. The first-order valence-corrected chi connectivity index (χ1v) is 6.78. The molecule has 1 heterocycles. The van der Waals surface area contributed by atoms with Crippen LogP contribution in [-0.4, -0.2) is 4.98 Å². The molecular formula is C13H9Br2N3. The summed E-state index contributed by atoms with van der Waals surface area (Å²) in [4.78, 5) is 4.35. The predicted molar refractivity (Wildman–Crippen MR) is 78.8 cm³/mol. The number of nitrogens with one attached hydrogen (secondary N) is 1. The second kappa shape index (κ2) is 5.51. The van der Waals surface area contributed by atoms with Gasteiger partial charge in [-0.3, -0.25) is 0 Å². The summed E-state index contributed by atoms with van der Waals surface area (Å²) in [7, 11) is 0. The van der Waals surface area contributed by atoms with Gasteiger partial charge in [-0.25, -0.2) is 4.98 Å². The van der Waals surface area contributed by atoms with E-state index in [4.69, 9.17) is 5.26 Å². The third-order valence-corrected chi connectivity index (χ3v) is 3.46. The Morgan fingerprint density at radius 1 is 1.22 bits per heavy atom. The maximum Gasteiger partial charge on any atom is 0.131 e. The summed E-state index contributed by atoms with van der Waals surface area (Å²) in [5.41, 5.74) is 2.30. The van der Waals surface area contributed by atoms with Crippen molar-refractivity contribution < 1.29 is 0 Å². The maximum atomic E-state index is 8.93. The smallest absolute Gasteiger partial charge is 0.131 e. The van der Waals surface area contributed by atoms with Crippen LogP contribution >= 0.6 is 31.9 Å². The van der Waals surface area contributed by atoms with Gasteiger partial charge in [-0.2, -0.15) is 5.26 Å². The molecule has 0 amide bonds. The van der Waals surface area contributed by atoms with Gasteiger partial charge in [0.2, 0.25) is 0 Å². The van der Waals surface area contributed by atoms with Crippen molar-refractivity contribution in [3.05, 3.63) is 50.5 Å². The molecule has 2 rings (SSSR count). The Labute approximate surface area is 122 Å². The van der Waals surface area contributed by atoms with Crippen molar-refractivity contribution >= 4 is 43.4 Å². The summed E-state index contributed by atoms with van der Waals surface area (Å²) in [6.45, 7) is 1.86. The minimum Gasteiger partial charge on any atom is -0.339 e. The highest BCUT2D eigenvalue weighted by Crippen LogP contribution is 2.28. The highest BCUT2D eigenvalue weighted by molar-refractivity contribution is 9.11. The van der Waals surface area contributed by atoms with Crippen LogP contribution in [0, 0.1) is 18.3 Å². The van der Waals surface area contributed by atoms with Crippen LogP contribution < -0.4 is 5.32 Å². The lowest BCUT2D eigenvalue weighted by Gasteiger charge is -2.09. The van der Waals surface area contributed by atoms with Gasteiger partial charge in [-0.15, -0.1) is 0 Å². The second-order valence-electron chi connectivity index (χ2n) is 3.74. The molecule has 0 saturated carbocycles. The van der Waals surface area contributed by atoms with E-state index in [9.17, 15) is 0 Å². The van der Waals surface area contributed by atoms with Gasteiger partial charge in [0.25, 0.3) is 0 Å². The van der Waals surface area contributed by atoms with Gasteiger partial charge < -0.3 is 5.32 Å². The minimum atomic E-state index is 0.594. The molecular weight excluding hydrogens is 358 g/mol. The third kappa shape index (κ3) is 3.09. The van der Waals surface area contributed by atoms with Crippen LogP contribution in [0.3, 0.4) is 0 Å². The molecule has 0 atom stereocenters. The molecule has 0 unspecified atom stereocenters. The SMILES string of the molecule is Cc1cc(C#N)cc(Nc2cc(Br)ccc2Br)n1.